The van der Waals surface area contributed by atoms with Crippen molar-refractivity contribution in [3.63, 3.8) is 0 Å². The van der Waals surface area contributed by atoms with Crippen LogP contribution in [0.25, 0.3) is 0 Å². The Kier molecular flexibility index (Phi) is 9.23. The molecule has 0 saturated carbocycles. The van der Waals surface area contributed by atoms with Gasteiger partial charge in [0, 0.05) is 49.5 Å². The maximum absolute atomic E-state index is 13.0. The van der Waals surface area contributed by atoms with Gasteiger partial charge >= 0.3 is 0 Å². The van der Waals surface area contributed by atoms with Gasteiger partial charge in [-0.15, -0.1) is 22.7 Å². The lowest BCUT2D eigenvalue weighted by molar-refractivity contribution is 0.0744. The average Bonchev–Trinajstić information content (AvgIpc) is 3.73. The zero-order valence-corrected chi connectivity index (χ0v) is 23.9. The molecule has 1 N–H and O–H groups in total. The highest BCUT2D eigenvalue weighted by atomic mass is 32.1. The molecule has 0 spiro atoms. The molecular formula is C30H35N5O2S2. The van der Waals surface area contributed by atoms with Crippen LogP contribution >= 0.6 is 22.7 Å². The van der Waals surface area contributed by atoms with Gasteiger partial charge in [-0.3, -0.25) is 14.5 Å². The Balaban J connectivity index is 1.14. The summed E-state index contributed by atoms with van der Waals surface area (Å²) in [5.74, 6) is -0.0268. The number of thiazole rings is 1. The number of nitrogens with zero attached hydrogens (tertiary/aromatic N) is 4. The highest BCUT2D eigenvalue weighted by molar-refractivity contribution is 7.12. The van der Waals surface area contributed by atoms with Crippen molar-refractivity contribution < 1.29 is 9.59 Å². The van der Waals surface area contributed by atoms with Crippen molar-refractivity contribution >= 4 is 34.5 Å². The lowest BCUT2D eigenvalue weighted by atomic mass is 10.0. The minimum absolute atomic E-state index is 0.0682. The lowest BCUT2D eigenvalue weighted by Gasteiger charge is -2.32. The molecule has 4 aromatic rings. The Morgan fingerprint density at radius 1 is 1.03 bits per heavy atom. The number of aromatic nitrogens is 2. The van der Waals surface area contributed by atoms with Crippen LogP contribution in [-0.4, -0.2) is 56.8 Å². The molecular weight excluding hydrogens is 526 g/mol. The Morgan fingerprint density at radius 2 is 1.85 bits per heavy atom. The van der Waals surface area contributed by atoms with E-state index in [1.54, 1.807) is 0 Å². The van der Waals surface area contributed by atoms with Gasteiger partial charge in [-0.1, -0.05) is 43.3 Å². The van der Waals surface area contributed by atoms with E-state index in [-0.39, 0.29) is 17.9 Å². The normalized spacial score (nSPS) is 14.4. The van der Waals surface area contributed by atoms with Crippen LogP contribution in [0.3, 0.4) is 0 Å². The second kappa shape index (κ2) is 13.2. The molecule has 4 heterocycles. The van der Waals surface area contributed by atoms with Crippen molar-refractivity contribution in [1.29, 1.82) is 0 Å². The van der Waals surface area contributed by atoms with Crippen molar-refractivity contribution in [3.05, 3.63) is 98.4 Å². The van der Waals surface area contributed by atoms with Gasteiger partial charge in [-0.25, -0.2) is 4.98 Å². The fraction of sp³-hybridized carbons (Fsp3) is 0.367. The molecule has 1 aliphatic heterocycles. The molecule has 5 rings (SSSR count). The van der Waals surface area contributed by atoms with E-state index in [4.69, 9.17) is 0 Å². The molecule has 0 radical (unpaired) electrons. The number of rotatable bonds is 11. The summed E-state index contributed by atoms with van der Waals surface area (Å²) in [7, 11) is 0. The number of hydrogen-bond acceptors (Lipinski definition) is 6. The molecule has 3 aromatic heterocycles. The van der Waals surface area contributed by atoms with Crippen LogP contribution in [0, 0.1) is 0 Å². The van der Waals surface area contributed by atoms with E-state index in [0.717, 1.165) is 54.5 Å². The van der Waals surface area contributed by atoms with Gasteiger partial charge in [0.2, 0.25) is 0 Å². The van der Waals surface area contributed by atoms with Crippen LogP contribution in [-0.2, 0) is 19.6 Å². The summed E-state index contributed by atoms with van der Waals surface area (Å²) in [4.78, 5) is 35.7. The van der Waals surface area contributed by atoms with Gasteiger partial charge in [-0.2, -0.15) is 0 Å². The molecule has 7 nitrogen and oxygen atoms in total. The van der Waals surface area contributed by atoms with Crippen molar-refractivity contribution in [2.45, 2.75) is 51.9 Å². The summed E-state index contributed by atoms with van der Waals surface area (Å²) in [6, 6.07) is 18.6. The molecule has 9 heteroatoms. The molecule has 1 fully saturated rings. The van der Waals surface area contributed by atoms with E-state index in [1.807, 2.05) is 46.1 Å². The van der Waals surface area contributed by atoms with Crippen LogP contribution < -0.4 is 5.32 Å². The van der Waals surface area contributed by atoms with E-state index < -0.39 is 0 Å². The fourth-order valence-electron chi connectivity index (χ4n) is 4.99. The Hall–Kier alpha value is -3.27. The third-order valence-corrected chi connectivity index (χ3v) is 8.74. The minimum Gasteiger partial charge on any atom is -0.348 e. The first-order chi connectivity index (χ1) is 19.1. The Labute approximate surface area is 238 Å². The minimum atomic E-state index is -0.0950. The molecule has 1 saturated heterocycles. The zero-order chi connectivity index (χ0) is 27.0. The monoisotopic (exact) mass is 561 g/mol. The molecule has 0 atom stereocenters. The highest BCUT2D eigenvalue weighted by Crippen LogP contribution is 2.19. The van der Waals surface area contributed by atoms with Crippen molar-refractivity contribution in [3.8, 4) is 0 Å². The number of thiophene rings is 1. The average molecular weight is 562 g/mol. The van der Waals surface area contributed by atoms with E-state index in [9.17, 15) is 9.59 Å². The predicted molar refractivity (Wildman–Crippen MR) is 157 cm³/mol. The predicted octanol–water partition coefficient (Wildman–Crippen LogP) is 5.50. The molecule has 2 amide bonds. The van der Waals surface area contributed by atoms with Crippen molar-refractivity contribution in [2.75, 3.05) is 19.6 Å². The Morgan fingerprint density at radius 3 is 2.59 bits per heavy atom. The fourth-order valence-corrected chi connectivity index (χ4v) is 6.45. The van der Waals surface area contributed by atoms with Gasteiger partial charge < -0.3 is 14.8 Å². The second-order valence-electron chi connectivity index (χ2n) is 9.97. The highest BCUT2D eigenvalue weighted by Gasteiger charge is 2.23. The van der Waals surface area contributed by atoms with Crippen LogP contribution in [0.1, 0.15) is 62.6 Å². The van der Waals surface area contributed by atoms with Crippen LogP contribution in [0.2, 0.25) is 0 Å². The molecule has 0 bridgehead atoms. The summed E-state index contributed by atoms with van der Waals surface area (Å²) < 4.78 is 2.12. The number of nitrogens with one attached hydrogen (secondary N) is 1. The summed E-state index contributed by atoms with van der Waals surface area (Å²) in [6.45, 7) is 6.81. The standard InChI is InChI=1S/C30H35N5O2S2/c1-2-14-35(30(37)27-11-7-18-38-27)20-25-10-6-15-34(25)21-28-32-26(22-39-28)29(36)31-24-12-16-33(17-13-24)19-23-8-4-3-5-9-23/h3-11,15,18,22,24H,2,12-14,16-17,19-21H2,1H3,(H,31,36). The van der Waals surface area contributed by atoms with Crippen molar-refractivity contribution in [2.24, 2.45) is 0 Å². The smallest absolute Gasteiger partial charge is 0.270 e. The molecule has 0 unspecified atom stereocenters. The first-order valence-corrected chi connectivity index (χ1v) is 15.3. The topological polar surface area (TPSA) is 70.5 Å². The number of benzene rings is 1. The maximum atomic E-state index is 13.0. The first kappa shape index (κ1) is 27.3. The third kappa shape index (κ3) is 7.23. The van der Waals surface area contributed by atoms with Gasteiger partial charge in [0.05, 0.1) is 18.0 Å². The largest absolute Gasteiger partial charge is 0.348 e. The first-order valence-electron chi connectivity index (χ1n) is 13.6. The molecule has 1 aromatic carbocycles. The second-order valence-corrected chi connectivity index (χ2v) is 11.9. The van der Waals surface area contributed by atoms with Crippen LogP contribution in [0.5, 0.6) is 0 Å². The number of hydrogen-bond donors (Lipinski definition) is 1. The summed E-state index contributed by atoms with van der Waals surface area (Å²) in [6.07, 6.45) is 4.80. The lowest BCUT2D eigenvalue weighted by Crippen LogP contribution is -2.44. The van der Waals surface area contributed by atoms with E-state index in [1.165, 1.54) is 28.2 Å². The number of carbonyl (C=O) groups is 2. The molecule has 0 aliphatic carbocycles. The number of likely N-dealkylation sites (tertiary alicyclic amines) is 1. The number of amides is 2. The third-order valence-electron chi connectivity index (χ3n) is 7.05. The van der Waals surface area contributed by atoms with Crippen molar-refractivity contribution in [1.82, 2.24) is 24.7 Å². The summed E-state index contributed by atoms with van der Waals surface area (Å²) in [5, 5.41) is 7.86. The number of piperidine rings is 1. The quantitative estimate of drug-likeness (QED) is 0.263. The maximum Gasteiger partial charge on any atom is 0.270 e. The molecule has 39 heavy (non-hydrogen) atoms. The molecule has 1 aliphatic rings. The summed E-state index contributed by atoms with van der Waals surface area (Å²) >= 11 is 2.98. The van der Waals surface area contributed by atoms with Crippen LogP contribution in [0.15, 0.2) is 71.6 Å². The van der Waals surface area contributed by atoms with E-state index >= 15 is 0 Å². The van der Waals surface area contributed by atoms with Gasteiger partial charge in [0.1, 0.15) is 10.7 Å². The van der Waals surface area contributed by atoms with Gasteiger partial charge in [-0.05, 0) is 48.4 Å². The van der Waals surface area contributed by atoms with E-state index in [2.05, 4.69) is 57.0 Å². The van der Waals surface area contributed by atoms with Gasteiger partial charge in [0.15, 0.2) is 0 Å². The zero-order valence-electron chi connectivity index (χ0n) is 22.3. The van der Waals surface area contributed by atoms with E-state index in [0.29, 0.717) is 25.3 Å². The summed E-state index contributed by atoms with van der Waals surface area (Å²) in [5.41, 5.74) is 2.86. The van der Waals surface area contributed by atoms with Crippen LogP contribution in [0.4, 0.5) is 0 Å². The SMILES string of the molecule is CCCN(Cc1cccn1Cc1nc(C(=O)NC2CCN(Cc3ccccc3)CC2)cs1)C(=O)c1cccs1. The van der Waals surface area contributed by atoms with Gasteiger partial charge in [0.25, 0.3) is 11.8 Å². The molecule has 204 valence electrons. The Bertz CT molecular complexity index is 1340. The number of carbonyl (C=O) groups excluding carboxylic acids is 2.